The van der Waals surface area contributed by atoms with Gasteiger partial charge in [-0.1, -0.05) is 34.8 Å². The van der Waals surface area contributed by atoms with Crippen LogP contribution in [0.2, 0.25) is 15.1 Å². The van der Waals surface area contributed by atoms with E-state index in [4.69, 9.17) is 39.0 Å². The van der Waals surface area contributed by atoms with Crippen LogP contribution in [0.15, 0.2) is 47.4 Å². The molecule has 2 aromatic carbocycles. The fraction of sp³-hybridized carbons (Fsp3) is 0. The van der Waals surface area contributed by atoms with E-state index >= 15 is 0 Å². The van der Waals surface area contributed by atoms with Crippen LogP contribution in [0.3, 0.4) is 0 Å². The number of rotatable bonds is 3. The average molecular weight is 338 g/mol. The maximum Gasteiger partial charge on any atom is 0.340 e. The normalized spacial score (nSPS) is 11.3. The van der Waals surface area contributed by atoms with E-state index in [2.05, 4.69) is 0 Å². The van der Waals surface area contributed by atoms with Crippen LogP contribution in [0, 0.1) is 0 Å². The number of halogens is 3. The summed E-state index contributed by atoms with van der Waals surface area (Å²) in [4.78, 5) is -0.184. The van der Waals surface area contributed by atoms with Crippen LogP contribution in [0.4, 0.5) is 0 Å². The molecular weight excluding hydrogens is 331 g/mol. The molecule has 0 atom stereocenters. The minimum absolute atomic E-state index is 0.0402. The average Bonchev–Trinajstić information content (AvgIpc) is 2.35. The van der Waals surface area contributed by atoms with Crippen LogP contribution >= 0.6 is 34.8 Å². The molecule has 0 heterocycles. The van der Waals surface area contributed by atoms with Crippen molar-refractivity contribution < 1.29 is 12.6 Å². The molecule has 0 saturated heterocycles. The van der Waals surface area contributed by atoms with Gasteiger partial charge in [0, 0.05) is 10.0 Å². The molecule has 0 N–H and O–H groups in total. The summed E-state index contributed by atoms with van der Waals surface area (Å²) in [6, 6.07) is 10.0. The highest BCUT2D eigenvalue weighted by Crippen LogP contribution is 2.28. The summed E-state index contributed by atoms with van der Waals surface area (Å²) in [5.41, 5.74) is 0. The van der Waals surface area contributed by atoms with E-state index < -0.39 is 10.1 Å². The molecular formula is C12H7Cl3O3S. The van der Waals surface area contributed by atoms with E-state index in [1.165, 1.54) is 42.5 Å². The fourth-order valence-corrected chi connectivity index (χ4v) is 3.13. The van der Waals surface area contributed by atoms with Crippen molar-refractivity contribution in [1.29, 1.82) is 0 Å². The van der Waals surface area contributed by atoms with Gasteiger partial charge in [0.25, 0.3) is 0 Å². The molecule has 19 heavy (non-hydrogen) atoms. The Morgan fingerprint density at radius 3 is 2.05 bits per heavy atom. The molecule has 0 aliphatic rings. The molecule has 0 amide bonds. The van der Waals surface area contributed by atoms with Crippen LogP contribution in [0.1, 0.15) is 0 Å². The third-order valence-corrected chi connectivity index (χ3v) is 4.40. The zero-order chi connectivity index (χ0) is 14.0. The predicted octanol–water partition coefficient (Wildman–Crippen LogP) is 4.41. The van der Waals surface area contributed by atoms with Crippen molar-refractivity contribution in [3.63, 3.8) is 0 Å². The van der Waals surface area contributed by atoms with Gasteiger partial charge < -0.3 is 4.18 Å². The Kier molecular flexibility index (Phi) is 4.26. The molecule has 0 bridgehead atoms. The summed E-state index contributed by atoms with van der Waals surface area (Å²) in [6.45, 7) is 0. The lowest BCUT2D eigenvalue weighted by atomic mass is 10.3. The highest BCUT2D eigenvalue weighted by Gasteiger charge is 2.20. The first-order chi connectivity index (χ1) is 8.88. The molecule has 0 saturated carbocycles. The fourth-order valence-electron chi connectivity index (χ4n) is 1.33. The van der Waals surface area contributed by atoms with Crippen molar-refractivity contribution >= 4 is 44.9 Å². The molecule has 2 rings (SSSR count). The molecule has 0 unspecified atom stereocenters. The monoisotopic (exact) mass is 336 g/mol. The van der Waals surface area contributed by atoms with Crippen molar-refractivity contribution in [2.75, 3.05) is 0 Å². The smallest absolute Gasteiger partial charge is 0.340 e. The Labute approximate surface area is 125 Å². The summed E-state index contributed by atoms with van der Waals surface area (Å²) in [5, 5.41) is 0.770. The van der Waals surface area contributed by atoms with Crippen molar-refractivity contribution in [2.45, 2.75) is 4.90 Å². The van der Waals surface area contributed by atoms with Gasteiger partial charge in [-0.15, -0.1) is 0 Å². The van der Waals surface area contributed by atoms with Gasteiger partial charge in [-0.3, -0.25) is 0 Å². The maximum absolute atomic E-state index is 12.1. The number of hydrogen-bond donors (Lipinski definition) is 0. The number of benzene rings is 2. The zero-order valence-electron chi connectivity index (χ0n) is 9.31. The van der Waals surface area contributed by atoms with E-state index in [1.54, 1.807) is 0 Å². The zero-order valence-corrected chi connectivity index (χ0v) is 12.4. The molecule has 3 nitrogen and oxygen atoms in total. The van der Waals surface area contributed by atoms with Gasteiger partial charge in [-0.25, -0.2) is 0 Å². The highest BCUT2D eigenvalue weighted by atomic mass is 35.5. The summed E-state index contributed by atoms with van der Waals surface area (Å²) >= 11 is 17.3. The Hall–Kier alpha value is -0.940. The van der Waals surface area contributed by atoms with Gasteiger partial charge in [-0.05, 0) is 42.5 Å². The third-order valence-electron chi connectivity index (χ3n) is 2.18. The summed E-state index contributed by atoms with van der Waals surface area (Å²) < 4.78 is 29.1. The Morgan fingerprint density at radius 2 is 1.42 bits per heavy atom. The lowest BCUT2D eigenvalue weighted by Gasteiger charge is -2.08. The third kappa shape index (κ3) is 3.54. The van der Waals surface area contributed by atoms with E-state index in [0.29, 0.717) is 5.02 Å². The second-order valence-electron chi connectivity index (χ2n) is 3.57. The first-order valence-electron chi connectivity index (χ1n) is 5.03. The second kappa shape index (κ2) is 5.59. The minimum Gasteiger partial charge on any atom is -0.379 e. The molecule has 0 spiro atoms. The summed E-state index contributed by atoms with van der Waals surface area (Å²) in [5.74, 6) is 0.139. The maximum atomic E-state index is 12.1. The Morgan fingerprint density at radius 1 is 0.842 bits per heavy atom. The molecule has 0 aliphatic carbocycles. The van der Waals surface area contributed by atoms with Crippen molar-refractivity contribution in [1.82, 2.24) is 0 Å². The van der Waals surface area contributed by atoms with Crippen LogP contribution in [-0.2, 0) is 10.1 Å². The first kappa shape index (κ1) is 14.5. The molecule has 0 radical (unpaired) electrons. The van der Waals surface area contributed by atoms with Gasteiger partial charge in [0.15, 0.2) is 0 Å². The molecule has 2 aromatic rings. The van der Waals surface area contributed by atoms with Crippen LogP contribution in [0.5, 0.6) is 5.75 Å². The van der Waals surface area contributed by atoms with E-state index in [-0.39, 0.29) is 20.7 Å². The summed E-state index contributed by atoms with van der Waals surface area (Å²) in [7, 11) is -4.04. The van der Waals surface area contributed by atoms with Crippen molar-refractivity contribution in [3.05, 3.63) is 57.5 Å². The predicted molar refractivity (Wildman–Crippen MR) is 75.7 cm³/mol. The lowest BCUT2D eigenvalue weighted by Crippen LogP contribution is -2.10. The topological polar surface area (TPSA) is 43.4 Å². The van der Waals surface area contributed by atoms with E-state index in [9.17, 15) is 8.42 Å². The SMILES string of the molecule is O=S(=O)(Oc1ccc(Cl)cc1)c1cc(Cl)ccc1Cl. The van der Waals surface area contributed by atoms with Gasteiger partial charge in [0.05, 0.1) is 5.02 Å². The van der Waals surface area contributed by atoms with E-state index in [1.807, 2.05) is 0 Å². The van der Waals surface area contributed by atoms with E-state index in [0.717, 1.165) is 0 Å². The minimum atomic E-state index is -4.04. The largest absolute Gasteiger partial charge is 0.379 e. The van der Waals surface area contributed by atoms with Crippen LogP contribution < -0.4 is 4.18 Å². The van der Waals surface area contributed by atoms with Crippen LogP contribution in [-0.4, -0.2) is 8.42 Å². The van der Waals surface area contributed by atoms with Crippen molar-refractivity contribution in [2.24, 2.45) is 0 Å². The quantitative estimate of drug-likeness (QED) is 0.779. The van der Waals surface area contributed by atoms with Gasteiger partial charge in [0.2, 0.25) is 0 Å². The highest BCUT2D eigenvalue weighted by molar-refractivity contribution is 7.87. The summed E-state index contributed by atoms with van der Waals surface area (Å²) in [6.07, 6.45) is 0. The molecule has 7 heteroatoms. The Bertz CT molecular complexity index is 697. The second-order valence-corrected chi connectivity index (χ2v) is 6.36. The number of hydrogen-bond acceptors (Lipinski definition) is 3. The lowest BCUT2D eigenvalue weighted by molar-refractivity contribution is 0.486. The molecule has 0 aliphatic heterocycles. The standard InChI is InChI=1S/C12H7Cl3O3S/c13-8-1-4-10(5-2-8)18-19(16,17)12-7-9(14)3-6-11(12)15/h1-7H. The first-order valence-corrected chi connectivity index (χ1v) is 7.58. The van der Waals surface area contributed by atoms with Gasteiger partial charge >= 0.3 is 10.1 Å². The molecule has 0 aromatic heterocycles. The molecule has 100 valence electrons. The Balaban J connectivity index is 2.37. The van der Waals surface area contributed by atoms with Crippen molar-refractivity contribution in [3.8, 4) is 5.75 Å². The van der Waals surface area contributed by atoms with Gasteiger partial charge in [0.1, 0.15) is 10.6 Å². The van der Waals surface area contributed by atoms with Crippen LogP contribution in [0.25, 0.3) is 0 Å². The van der Waals surface area contributed by atoms with Gasteiger partial charge in [-0.2, -0.15) is 8.42 Å². The molecule has 0 fully saturated rings.